The fourth-order valence-electron chi connectivity index (χ4n) is 8.41. The minimum Gasteiger partial charge on any atom is -0.453 e. The molecule has 0 unspecified atom stereocenters. The fraction of sp³-hybridized carbons (Fsp3) is 0.621. The first-order valence-electron chi connectivity index (χ1n) is 13.3. The lowest BCUT2D eigenvalue weighted by Gasteiger charge is -2.67. The molecule has 10 atom stereocenters. The van der Waals surface area contributed by atoms with Crippen LogP contribution in [0.1, 0.15) is 50.9 Å². The molecular formula is C29H34O10. The number of ketones is 1. The fourth-order valence-corrected chi connectivity index (χ4v) is 8.41. The van der Waals surface area contributed by atoms with Crippen LogP contribution in [0.2, 0.25) is 0 Å². The second kappa shape index (κ2) is 7.98. The predicted molar refractivity (Wildman–Crippen MR) is 133 cm³/mol. The summed E-state index contributed by atoms with van der Waals surface area (Å²) in [4.78, 5) is 41.2. The molecular weight excluding hydrogens is 508 g/mol. The number of carbonyl (C=O) groups excluding carboxylic acids is 3. The van der Waals surface area contributed by atoms with Crippen molar-refractivity contribution in [2.45, 2.75) is 81.9 Å². The second-order valence-electron chi connectivity index (χ2n) is 12.5. The molecule has 2 saturated heterocycles. The van der Waals surface area contributed by atoms with E-state index in [2.05, 4.69) is 6.58 Å². The Morgan fingerprint density at radius 3 is 2.33 bits per heavy atom. The Morgan fingerprint density at radius 2 is 1.74 bits per heavy atom. The summed E-state index contributed by atoms with van der Waals surface area (Å²) in [7, 11) is 0. The number of rotatable bonds is 3. The smallest absolute Gasteiger partial charge is 0.339 e. The van der Waals surface area contributed by atoms with Crippen LogP contribution in [0.3, 0.4) is 0 Å². The molecule has 10 heteroatoms. The summed E-state index contributed by atoms with van der Waals surface area (Å²) < 4.78 is 23.9. The number of fused-ring (bicyclic) bond motifs is 5. The zero-order valence-corrected chi connectivity index (χ0v) is 22.4. The third-order valence-electron chi connectivity index (χ3n) is 10.3. The van der Waals surface area contributed by atoms with Gasteiger partial charge in [0.15, 0.2) is 17.0 Å². The maximum atomic E-state index is 15.2. The van der Waals surface area contributed by atoms with E-state index >= 15 is 4.79 Å². The highest BCUT2D eigenvalue weighted by atomic mass is 16.7. The number of aliphatic hydroxyl groups is 3. The standard InChI is InChI=1S/C29H34O10/c1-14-17-12-28(39-23(33)16-9-7-6-8-10-16)22(32)21-26(5,24(34)29(35,38-17)20(14)25(28,3)4)18(31)11-19-27(21,13-36-19)37-15(2)30/h6-10,17-21,24,31,34-35H,1,11-13H2,2-5H3/t17-,18+,19-,20+,21+,24+,26-,27+,28-,29+/m1/s1. The molecule has 3 saturated carbocycles. The van der Waals surface area contributed by atoms with Crippen molar-refractivity contribution in [3.63, 3.8) is 0 Å². The average molecular weight is 543 g/mol. The van der Waals surface area contributed by atoms with Gasteiger partial charge in [0.25, 0.3) is 0 Å². The van der Waals surface area contributed by atoms with Gasteiger partial charge in [0, 0.05) is 36.5 Å². The molecule has 2 aliphatic heterocycles. The number of hydrogen-bond acceptors (Lipinski definition) is 10. The molecule has 1 aromatic carbocycles. The highest BCUT2D eigenvalue weighted by Crippen LogP contribution is 2.69. The van der Waals surface area contributed by atoms with Crippen LogP contribution in [-0.4, -0.2) is 81.1 Å². The summed E-state index contributed by atoms with van der Waals surface area (Å²) in [6, 6.07) is 8.22. The van der Waals surface area contributed by atoms with Gasteiger partial charge in [-0.05, 0) is 17.7 Å². The van der Waals surface area contributed by atoms with Crippen LogP contribution >= 0.6 is 0 Å². The van der Waals surface area contributed by atoms with Crippen LogP contribution in [0.4, 0.5) is 0 Å². The molecule has 5 fully saturated rings. The Balaban J connectivity index is 1.62. The predicted octanol–water partition coefficient (Wildman–Crippen LogP) is 1.30. The van der Waals surface area contributed by atoms with E-state index in [0.29, 0.717) is 5.57 Å². The largest absolute Gasteiger partial charge is 0.453 e. The molecule has 5 aliphatic rings. The number of benzene rings is 1. The normalized spacial score (nSPS) is 47.3. The zero-order valence-electron chi connectivity index (χ0n) is 22.4. The lowest BCUT2D eigenvalue weighted by Crippen LogP contribution is -2.82. The maximum Gasteiger partial charge on any atom is 0.339 e. The van der Waals surface area contributed by atoms with Gasteiger partial charge in [0.2, 0.25) is 5.79 Å². The number of ether oxygens (including phenoxy) is 4. The first-order chi connectivity index (χ1) is 18.2. The van der Waals surface area contributed by atoms with Crippen molar-refractivity contribution in [3.05, 3.63) is 48.0 Å². The molecule has 210 valence electrons. The molecule has 1 aromatic rings. The lowest BCUT2D eigenvalue weighted by atomic mass is 9.43. The maximum absolute atomic E-state index is 15.2. The van der Waals surface area contributed by atoms with Crippen molar-refractivity contribution in [1.29, 1.82) is 0 Å². The van der Waals surface area contributed by atoms with Gasteiger partial charge in [-0.15, -0.1) is 0 Å². The number of esters is 2. The van der Waals surface area contributed by atoms with E-state index in [0.717, 1.165) is 0 Å². The summed E-state index contributed by atoms with van der Waals surface area (Å²) in [6.07, 6.45) is -5.15. The minimum atomic E-state index is -2.28. The van der Waals surface area contributed by atoms with Crippen LogP contribution in [0.25, 0.3) is 0 Å². The summed E-state index contributed by atoms with van der Waals surface area (Å²) in [5.74, 6) is -6.77. The molecule has 3 bridgehead atoms. The van der Waals surface area contributed by atoms with E-state index in [1.54, 1.807) is 44.2 Å². The number of carbonyl (C=O) groups is 3. The molecule has 39 heavy (non-hydrogen) atoms. The summed E-state index contributed by atoms with van der Waals surface area (Å²) >= 11 is 0. The third-order valence-corrected chi connectivity index (χ3v) is 10.3. The van der Waals surface area contributed by atoms with Crippen molar-refractivity contribution >= 4 is 17.7 Å². The van der Waals surface area contributed by atoms with Crippen LogP contribution < -0.4 is 0 Å². The van der Waals surface area contributed by atoms with Gasteiger partial charge < -0.3 is 34.3 Å². The first-order valence-corrected chi connectivity index (χ1v) is 13.3. The third kappa shape index (κ3) is 3.01. The van der Waals surface area contributed by atoms with Crippen molar-refractivity contribution in [2.75, 3.05) is 6.61 Å². The van der Waals surface area contributed by atoms with Gasteiger partial charge in [-0.3, -0.25) is 9.59 Å². The van der Waals surface area contributed by atoms with Crippen LogP contribution in [0, 0.1) is 22.7 Å². The Kier molecular flexibility index (Phi) is 5.44. The van der Waals surface area contributed by atoms with E-state index in [1.807, 2.05) is 0 Å². The van der Waals surface area contributed by atoms with Crippen LogP contribution in [0.15, 0.2) is 42.5 Å². The Morgan fingerprint density at radius 1 is 1.08 bits per heavy atom. The van der Waals surface area contributed by atoms with Gasteiger partial charge in [0.05, 0.1) is 30.3 Å². The Labute approximate surface area is 225 Å². The Hall–Kier alpha value is -2.63. The van der Waals surface area contributed by atoms with Gasteiger partial charge >= 0.3 is 11.9 Å². The molecule has 0 radical (unpaired) electrons. The molecule has 2 heterocycles. The molecule has 0 spiro atoms. The van der Waals surface area contributed by atoms with E-state index < -0.39 is 81.8 Å². The van der Waals surface area contributed by atoms with Crippen molar-refractivity contribution in [3.8, 4) is 0 Å². The summed E-state index contributed by atoms with van der Waals surface area (Å²) in [5.41, 5.74) is -5.89. The minimum absolute atomic E-state index is 0.0596. The quantitative estimate of drug-likeness (QED) is 0.377. The van der Waals surface area contributed by atoms with Crippen LogP contribution in [0.5, 0.6) is 0 Å². The van der Waals surface area contributed by atoms with Gasteiger partial charge in [-0.1, -0.05) is 45.5 Å². The number of hydrogen-bond donors (Lipinski definition) is 3. The van der Waals surface area contributed by atoms with E-state index in [4.69, 9.17) is 18.9 Å². The molecule has 3 aliphatic carbocycles. The average Bonchev–Trinajstić information content (AvgIpc) is 3.09. The topological polar surface area (TPSA) is 149 Å². The molecule has 3 N–H and O–H groups in total. The SMILES string of the molecule is C=C1[C@H]2C[C@@]3(OC(=O)c4ccccc4)C(=O)[C@@H]4[C@]5(OC(C)=O)CO[C@@H]5C[C@H](O)[C@@]4(C)[C@H](O)[C@@](O)(O2)[C@@H]1C3(C)C. The van der Waals surface area contributed by atoms with E-state index in [9.17, 15) is 24.9 Å². The molecule has 6 rings (SSSR count). The zero-order chi connectivity index (χ0) is 28.3. The second-order valence-corrected chi connectivity index (χ2v) is 12.5. The summed E-state index contributed by atoms with van der Waals surface area (Å²) in [6.45, 7) is 10.0. The van der Waals surface area contributed by atoms with Gasteiger partial charge in [0.1, 0.15) is 12.2 Å². The monoisotopic (exact) mass is 542 g/mol. The highest BCUT2D eigenvalue weighted by Gasteiger charge is 2.83. The first kappa shape index (κ1) is 26.6. The molecule has 0 aromatic heterocycles. The van der Waals surface area contributed by atoms with Crippen molar-refractivity contribution < 1.29 is 48.7 Å². The Bertz CT molecular complexity index is 1280. The van der Waals surface area contributed by atoms with E-state index in [1.165, 1.54) is 13.8 Å². The summed E-state index contributed by atoms with van der Waals surface area (Å²) in [5, 5.41) is 35.6. The van der Waals surface area contributed by atoms with Crippen molar-refractivity contribution in [1.82, 2.24) is 0 Å². The van der Waals surface area contributed by atoms with Gasteiger partial charge in [-0.25, -0.2) is 4.79 Å². The van der Waals surface area contributed by atoms with Crippen molar-refractivity contribution in [2.24, 2.45) is 22.7 Å². The molecule has 0 amide bonds. The lowest BCUT2D eigenvalue weighted by molar-refractivity contribution is -0.362. The van der Waals surface area contributed by atoms with Gasteiger partial charge in [-0.2, -0.15) is 0 Å². The van der Waals surface area contributed by atoms with Crippen LogP contribution in [-0.2, 0) is 28.5 Å². The highest BCUT2D eigenvalue weighted by molar-refractivity contribution is 5.98. The molecule has 10 nitrogen and oxygen atoms in total. The number of aliphatic hydroxyl groups excluding tert-OH is 2. The number of Topliss-reactive ketones (excluding diaryl/α,β-unsaturated/α-hetero) is 1. The van der Waals surface area contributed by atoms with E-state index in [-0.39, 0.29) is 25.0 Å².